The zero-order valence-electron chi connectivity index (χ0n) is 13.6. The third-order valence-corrected chi connectivity index (χ3v) is 4.36. The molecule has 0 spiro atoms. The van der Waals surface area contributed by atoms with Crippen LogP contribution in [0.3, 0.4) is 0 Å². The minimum absolute atomic E-state index is 0.0644. The van der Waals surface area contributed by atoms with Crippen LogP contribution >= 0.6 is 11.3 Å². The Morgan fingerprint density at radius 2 is 2.00 bits per heavy atom. The highest BCUT2D eigenvalue weighted by Gasteiger charge is 2.09. The van der Waals surface area contributed by atoms with Gasteiger partial charge in [0.2, 0.25) is 5.91 Å². The summed E-state index contributed by atoms with van der Waals surface area (Å²) in [6, 6.07) is 15.7. The summed E-state index contributed by atoms with van der Waals surface area (Å²) in [6.07, 6.45) is 0.342. The Labute approximate surface area is 145 Å². The minimum atomic E-state index is -0.0644. The number of aryl methyl sites for hydroxylation is 1. The number of aromatic nitrogens is 1. The Morgan fingerprint density at radius 3 is 2.75 bits per heavy atom. The van der Waals surface area contributed by atoms with Crippen LogP contribution in [0.4, 0.5) is 5.13 Å². The molecule has 1 amide bonds. The highest BCUT2D eigenvalue weighted by atomic mass is 32.1. The lowest BCUT2D eigenvalue weighted by atomic mass is 10.1. The van der Waals surface area contributed by atoms with Gasteiger partial charge >= 0.3 is 0 Å². The van der Waals surface area contributed by atoms with Crippen molar-refractivity contribution in [2.75, 3.05) is 12.4 Å². The van der Waals surface area contributed by atoms with Crippen LogP contribution in [0, 0.1) is 6.92 Å². The molecule has 0 atom stereocenters. The number of nitrogens with zero attached hydrogens (tertiary/aromatic N) is 1. The SMILES string of the molecule is COc1cccc(-c2csc(NC(=O)Cc3ccc(C)cc3)n2)c1. The van der Waals surface area contributed by atoms with Crippen molar-refractivity contribution in [3.05, 3.63) is 65.0 Å². The van der Waals surface area contributed by atoms with Crippen LogP contribution in [0.15, 0.2) is 53.9 Å². The molecule has 122 valence electrons. The number of carbonyl (C=O) groups excluding carboxylic acids is 1. The molecule has 0 bridgehead atoms. The van der Waals surface area contributed by atoms with Gasteiger partial charge in [-0.05, 0) is 24.6 Å². The molecule has 0 aliphatic heterocycles. The van der Waals surface area contributed by atoms with E-state index >= 15 is 0 Å². The van der Waals surface area contributed by atoms with E-state index in [2.05, 4.69) is 10.3 Å². The minimum Gasteiger partial charge on any atom is -0.497 e. The zero-order chi connectivity index (χ0) is 16.9. The van der Waals surface area contributed by atoms with Crippen LogP contribution in [0.25, 0.3) is 11.3 Å². The number of carbonyl (C=O) groups is 1. The number of amides is 1. The lowest BCUT2D eigenvalue weighted by molar-refractivity contribution is -0.115. The highest BCUT2D eigenvalue weighted by molar-refractivity contribution is 7.14. The van der Waals surface area contributed by atoms with E-state index in [9.17, 15) is 4.79 Å². The molecule has 0 saturated heterocycles. The zero-order valence-corrected chi connectivity index (χ0v) is 14.4. The van der Waals surface area contributed by atoms with Gasteiger partial charge in [0.1, 0.15) is 5.75 Å². The lowest BCUT2D eigenvalue weighted by Crippen LogP contribution is -2.14. The monoisotopic (exact) mass is 338 g/mol. The van der Waals surface area contributed by atoms with E-state index in [1.807, 2.05) is 60.8 Å². The number of thiazole rings is 1. The van der Waals surface area contributed by atoms with Crippen molar-refractivity contribution in [2.24, 2.45) is 0 Å². The second-order valence-corrected chi connectivity index (χ2v) is 6.34. The molecule has 0 saturated carbocycles. The summed E-state index contributed by atoms with van der Waals surface area (Å²) in [5, 5.41) is 5.39. The second-order valence-electron chi connectivity index (χ2n) is 5.48. The fourth-order valence-electron chi connectivity index (χ4n) is 2.30. The fraction of sp³-hybridized carbons (Fsp3) is 0.158. The van der Waals surface area contributed by atoms with Crippen LogP contribution in [0.5, 0.6) is 5.75 Å². The van der Waals surface area contributed by atoms with Crippen molar-refractivity contribution >= 4 is 22.4 Å². The molecule has 0 radical (unpaired) electrons. The summed E-state index contributed by atoms with van der Waals surface area (Å²) in [6.45, 7) is 2.03. The molecule has 1 heterocycles. The Morgan fingerprint density at radius 1 is 1.21 bits per heavy atom. The number of hydrogen-bond acceptors (Lipinski definition) is 4. The van der Waals surface area contributed by atoms with Gasteiger partial charge in [0, 0.05) is 10.9 Å². The normalized spacial score (nSPS) is 10.4. The van der Waals surface area contributed by atoms with Gasteiger partial charge in [0.05, 0.1) is 19.2 Å². The number of ether oxygens (including phenoxy) is 1. The van der Waals surface area contributed by atoms with E-state index in [4.69, 9.17) is 4.74 Å². The molecule has 5 heteroatoms. The van der Waals surface area contributed by atoms with Gasteiger partial charge in [-0.2, -0.15) is 0 Å². The maximum absolute atomic E-state index is 12.1. The van der Waals surface area contributed by atoms with E-state index in [1.54, 1.807) is 7.11 Å². The summed E-state index contributed by atoms with van der Waals surface area (Å²) in [5.74, 6) is 0.718. The van der Waals surface area contributed by atoms with Crippen LogP contribution in [-0.4, -0.2) is 18.0 Å². The van der Waals surface area contributed by atoms with Gasteiger partial charge in [0.25, 0.3) is 0 Å². The molecular formula is C19H18N2O2S. The summed E-state index contributed by atoms with van der Waals surface area (Å²) >= 11 is 1.42. The lowest BCUT2D eigenvalue weighted by Gasteiger charge is -2.03. The smallest absolute Gasteiger partial charge is 0.230 e. The van der Waals surface area contributed by atoms with E-state index in [-0.39, 0.29) is 5.91 Å². The molecule has 2 aromatic carbocycles. The largest absolute Gasteiger partial charge is 0.497 e. The number of anilines is 1. The van der Waals surface area contributed by atoms with Gasteiger partial charge in [0.15, 0.2) is 5.13 Å². The summed E-state index contributed by atoms with van der Waals surface area (Å²) in [7, 11) is 1.64. The van der Waals surface area contributed by atoms with Crippen molar-refractivity contribution in [3.63, 3.8) is 0 Å². The van der Waals surface area contributed by atoms with Crippen LogP contribution in [-0.2, 0) is 11.2 Å². The molecular weight excluding hydrogens is 320 g/mol. The molecule has 0 aliphatic rings. The number of benzene rings is 2. The Bertz CT molecular complexity index is 841. The number of methoxy groups -OCH3 is 1. The van der Waals surface area contributed by atoms with Crippen molar-refractivity contribution < 1.29 is 9.53 Å². The first kappa shape index (κ1) is 16.2. The average Bonchev–Trinajstić information content (AvgIpc) is 3.05. The third-order valence-electron chi connectivity index (χ3n) is 3.60. The molecule has 24 heavy (non-hydrogen) atoms. The molecule has 1 aromatic heterocycles. The van der Waals surface area contributed by atoms with Gasteiger partial charge in [-0.15, -0.1) is 11.3 Å². The van der Waals surface area contributed by atoms with Crippen molar-refractivity contribution in [1.82, 2.24) is 4.98 Å². The average molecular weight is 338 g/mol. The predicted molar refractivity (Wildman–Crippen MR) is 97.6 cm³/mol. The maximum atomic E-state index is 12.1. The van der Waals surface area contributed by atoms with E-state index < -0.39 is 0 Å². The Hall–Kier alpha value is -2.66. The van der Waals surface area contributed by atoms with Crippen LogP contribution in [0.2, 0.25) is 0 Å². The molecule has 1 N–H and O–H groups in total. The standard InChI is InChI=1S/C19H18N2O2S/c1-13-6-8-14(9-7-13)10-18(22)21-19-20-17(12-24-19)15-4-3-5-16(11-15)23-2/h3-9,11-12H,10H2,1-2H3,(H,20,21,22). The van der Waals surface area contributed by atoms with E-state index in [0.29, 0.717) is 11.6 Å². The quantitative estimate of drug-likeness (QED) is 0.754. The van der Waals surface area contributed by atoms with Gasteiger partial charge in [-0.25, -0.2) is 4.98 Å². The first-order valence-corrected chi connectivity index (χ1v) is 8.47. The topological polar surface area (TPSA) is 51.2 Å². The van der Waals surface area contributed by atoms with Crippen LogP contribution < -0.4 is 10.1 Å². The van der Waals surface area contributed by atoms with Gasteiger partial charge < -0.3 is 10.1 Å². The van der Waals surface area contributed by atoms with Crippen LogP contribution in [0.1, 0.15) is 11.1 Å². The third kappa shape index (κ3) is 4.00. The summed E-state index contributed by atoms with van der Waals surface area (Å²) in [4.78, 5) is 16.6. The van der Waals surface area contributed by atoms with Crippen molar-refractivity contribution in [2.45, 2.75) is 13.3 Å². The molecule has 0 aliphatic carbocycles. The van der Waals surface area contributed by atoms with E-state index in [0.717, 1.165) is 22.6 Å². The Kier molecular flexibility index (Phi) is 4.91. The number of hydrogen-bond donors (Lipinski definition) is 1. The van der Waals surface area contributed by atoms with E-state index in [1.165, 1.54) is 16.9 Å². The molecule has 0 fully saturated rings. The van der Waals surface area contributed by atoms with Crippen molar-refractivity contribution in [3.8, 4) is 17.0 Å². The Balaban J connectivity index is 1.67. The molecule has 4 nitrogen and oxygen atoms in total. The van der Waals surface area contributed by atoms with Gasteiger partial charge in [-0.3, -0.25) is 4.79 Å². The number of rotatable bonds is 5. The first-order valence-electron chi connectivity index (χ1n) is 7.59. The molecule has 3 rings (SSSR count). The summed E-state index contributed by atoms with van der Waals surface area (Å²) < 4.78 is 5.23. The second kappa shape index (κ2) is 7.27. The molecule has 0 unspecified atom stereocenters. The highest BCUT2D eigenvalue weighted by Crippen LogP contribution is 2.27. The fourth-order valence-corrected chi connectivity index (χ4v) is 3.04. The van der Waals surface area contributed by atoms with Gasteiger partial charge in [-0.1, -0.05) is 42.0 Å². The summed E-state index contributed by atoms with van der Waals surface area (Å²) in [5.41, 5.74) is 3.96. The number of nitrogens with one attached hydrogen (secondary N) is 1. The first-order chi connectivity index (χ1) is 11.6. The molecule has 3 aromatic rings. The van der Waals surface area contributed by atoms with Crippen molar-refractivity contribution in [1.29, 1.82) is 0 Å². The maximum Gasteiger partial charge on any atom is 0.230 e. The predicted octanol–water partition coefficient (Wildman–Crippen LogP) is 4.31.